The van der Waals surface area contributed by atoms with Gasteiger partial charge in [0.2, 0.25) is 5.91 Å². The fourth-order valence-electron chi connectivity index (χ4n) is 1.95. The summed E-state index contributed by atoms with van der Waals surface area (Å²) in [6.45, 7) is 5.04. The molecule has 1 aromatic heterocycles. The highest BCUT2D eigenvalue weighted by atomic mass is 16.2. The number of hydrogen-bond donors (Lipinski definition) is 1. The average Bonchev–Trinajstić information content (AvgIpc) is 2.82. The van der Waals surface area contributed by atoms with E-state index in [9.17, 15) is 4.79 Å². The number of nitrogens with zero attached hydrogens (tertiary/aromatic N) is 3. The Balaban J connectivity index is 2.04. The molecule has 0 aromatic carbocycles. The predicted molar refractivity (Wildman–Crippen MR) is 55.1 cm³/mol. The molecule has 2 rings (SSSR count). The number of H-pyrrole nitrogens is 1. The van der Waals surface area contributed by atoms with Gasteiger partial charge in [0.25, 0.3) is 0 Å². The SMILES string of the molecule is C=CC(=O)N1CCCC(c2cn[nH]n2)C1. The Labute approximate surface area is 88.2 Å². The molecule has 15 heavy (non-hydrogen) atoms. The Morgan fingerprint density at radius 1 is 1.73 bits per heavy atom. The van der Waals surface area contributed by atoms with E-state index in [0.29, 0.717) is 5.92 Å². The Morgan fingerprint density at radius 2 is 2.60 bits per heavy atom. The second kappa shape index (κ2) is 4.25. The van der Waals surface area contributed by atoms with Crippen LogP contribution in [0.25, 0.3) is 0 Å². The number of carbonyl (C=O) groups excluding carboxylic acids is 1. The maximum atomic E-state index is 11.4. The molecule has 1 unspecified atom stereocenters. The molecule has 1 fully saturated rings. The Hall–Kier alpha value is -1.65. The standard InChI is InChI=1S/C10H14N4O/c1-2-10(15)14-5-3-4-8(7-14)9-6-11-13-12-9/h2,6,8H,1,3-5,7H2,(H,11,12,13). The minimum Gasteiger partial charge on any atom is -0.339 e. The normalized spacial score (nSPS) is 21.3. The third-order valence-electron chi connectivity index (χ3n) is 2.76. The number of nitrogens with one attached hydrogen (secondary N) is 1. The van der Waals surface area contributed by atoms with Crippen LogP contribution < -0.4 is 0 Å². The first-order valence-electron chi connectivity index (χ1n) is 5.08. The van der Waals surface area contributed by atoms with Gasteiger partial charge in [-0.15, -0.1) is 0 Å². The largest absolute Gasteiger partial charge is 0.339 e. The van der Waals surface area contributed by atoms with Crippen LogP contribution in [0.1, 0.15) is 24.5 Å². The predicted octanol–water partition coefficient (Wildman–Crippen LogP) is 0.697. The zero-order valence-electron chi connectivity index (χ0n) is 8.52. The van der Waals surface area contributed by atoms with Gasteiger partial charge in [0.15, 0.2) is 0 Å². The average molecular weight is 206 g/mol. The molecule has 0 spiro atoms. The lowest BCUT2D eigenvalue weighted by Crippen LogP contribution is -2.38. The maximum absolute atomic E-state index is 11.4. The van der Waals surface area contributed by atoms with E-state index in [-0.39, 0.29) is 5.91 Å². The number of likely N-dealkylation sites (tertiary alicyclic amines) is 1. The van der Waals surface area contributed by atoms with Gasteiger partial charge < -0.3 is 4.90 Å². The quantitative estimate of drug-likeness (QED) is 0.724. The lowest BCUT2D eigenvalue weighted by molar-refractivity contribution is -0.127. The second-order valence-corrected chi connectivity index (χ2v) is 3.72. The molecular weight excluding hydrogens is 192 g/mol. The monoisotopic (exact) mass is 206 g/mol. The van der Waals surface area contributed by atoms with E-state index < -0.39 is 0 Å². The van der Waals surface area contributed by atoms with E-state index in [4.69, 9.17) is 0 Å². The molecule has 1 atom stereocenters. The first-order valence-corrected chi connectivity index (χ1v) is 5.08. The zero-order valence-corrected chi connectivity index (χ0v) is 8.52. The zero-order chi connectivity index (χ0) is 10.7. The summed E-state index contributed by atoms with van der Waals surface area (Å²) in [4.78, 5) is 13.3. The van der Waals surface area contributed by atoms with Crippen molar-refractivity contribution >= 4 is 5.91 Å². The van der Waals surface area contributed by atoms with Crippen molar-refractivity contribution in [1.82, 2.24) is 20.3 Å². The molecule has 1 aliphatic heterocycles. The molecule has 2 heterocycles. The molecule has 0 radical (unpaired) electrons. The molecule has 1 aliphatic rings. The Morgan fingerprint density at radius 3 is 3.27 bits per heavy atom. The summed E-state index contributed by atoms with van der Waals surface area (Å²) in [6.07, 6.45) is 5.17. The van der Waals surface area contributed by atoms with Crippen molar-refractivity contribution in [3.8, 4) is 0 Å². The van der Waals surface area contributed by atoms with Crippen LogP contribution in [0.4, 0.5) is 0 Å². The molecule has 0 saturated carbocycles. The summed E-state index contributed by atoms with van der Waals surface area (Å²) in [5.74, 6) is 0.310. The van der Waals surface area contributed by atoms with Crippen LogP contribution in [0.15, 0.2) is 18.9 Å². The first kappa shape index (κ1) is 9.89. The van der Waals surface area contributed by atoms with Gasteiger partial charge in [-0.1, -0.05) is 6.58 Å². The van der Waals surface area contributed by atoms with Crippen molar-refractivity contribution < 1.29 is 4.79 Å². The van der Waals surface area contributed by atoms with Crippen LogP contribution in [-0.4, -0.2) is 39.3 Å². The lowest BCUT2D eigenvalue weighted by Gasteiger charge is -2.30. The number of carbonyl (C=O) groups is 1. The summed E-state index contributed by atoms with van der Waals surface area (Å²) < 4.78 is 0. The van der Waals surface area contributed by atoms with Gasteiger partial charge in [-0.25, -0.2) is 0 Å². The molecule has 1 N–H and O–H groups in total. The van der Waals surface area contributed by atoms with Crippen molar-refractivity contribution in [2.24, 2.45) is 0 Å². The van der Waals surface area contributed by atoms with Crippen molar-refractivity contribution in [1.29, 1.82) is 0 Å². The van der Waals surface area contributed by atoms with Crippen molar-refractivity contribution in [3.05, 3.63) is 24.5 Å². The molecule has 1 saturated heterocycles. The number of rotatable bonds is 2. The van der Waals surface area contributed by atoms with Crippen LogP contribution in [0.5, 0.6) is 0 Å². The van der Waals surface area contributed by atoms with Gasteiger partial charge in [0, 0.05) is 19.0 Å². The van der Waals surface area contributed by atoms with Crippen LogP contribution in [0, 0.1) is 0 Å². The summed E-state index contributed by atoms with van der Waals surface area (Å²) in [5, 5.41) is 10.4. The third kappa shape index (κ3) is 2.06. The topological polar surface area (TPSA) is 61.9 Å². The van der Waals surface area contributed by atoms with Gasteiger partial charge in [-0.3, -0.25) is 4.79 Å². The van der Waals surface area contributed by atoms with Gasteiger partial charge >= 0.3 is 0 Å². The summed E-state index contributed by atoms with van der Waals surface area (Å²) in [7, 11) is 0. The highest BCUT2D eigenvalue weighted by Crippen LogP contribution is 2.24. The number of amides is 1. The van der Waals surface area contributed by atoms with E-state index >= 15 is 0 Å². The Kier molecular flexibility index (Phi) is 2.80. The lowest BCUT2D eigenvalue weighted by atomic mass is 9.95. The number of aromatic amines is 1. The molecule has 80 valence electrons. The summed E-state index contributed by atoms with van der Waals surface area (Å²) in [6, 6.07) is 0. The van der Waals surface area contributed by atoms with Crippen LogP contribution in [0.2, 0.25) is 0 Å². The number of hydrogen-bond acceptors (Lipinski definition) is 3. The van der Waals surface area contributed by atoms with Gasteiger partial charge in [-0.2, -0.15) is 15.4 Å². The molecule has 5 nitrogen and oxygen atoms in total. The molecule has 1 aromatic rings. The summed E-state index contributed by atoms with van der Waals surface area (Å²) >= 11 is 0. The molecule has 5 heteroatoms. The fourth-order valence-corrected chi connectivity index (χ4v) is 1.95. The smallest absolute Gasteiger partial charge is 0.245 e. The highest BCUT2D eigenvalue weighted by Gasteiger charge is 2.24. The summed E-state index contributed by atoms with van der Waals surface area (Å²) in [5.41, 5.74) is 0.941. The van der Waals surface area contributed by atoms with Crippen LogP contribution in [0.3, 0.4) is 0 Å². The second-order valence-electron chi connectivity index (χ2n) is 3.72. The maximum Gasteiger partial charge on any atom is 0.245 e. The number of piperidine rings is 1. The Bertz CT molecular complexity index is 346. The van der Waals surface area contributed by atoms with Crippen molar-refractivity contribution in [2.75, 3.05) is 13.1 Å². The van der Waals surface area contributed by atoms with E-state index in [1.165, 1.54) is 6.08 Å². The molecule has 1 amide bonds. The van der Waals surface area contributed by atoms with Gasteiger partial charge in [0.05, 0.1) is 11.9 Å². The molecular formula is C10H14N4O. The van der Waals surface area contributed by atoms with Crippen molar-refractivity contribution in [2.45, 2.75) is 18.8 Å². The van der Waals surface area contributed by atoms with E-state index in [1.54, 1.807) is 6.20 Å². The first-order chi connectivity index (χ1) is 7.31. The third-order valence-corrected chi connectivity index (χ3v) is 2.76. The van der Waals surface area contributed by atoms with Crippen molar-refractivity contribution in [3.63, 3.8) is 0 Å². The number of aromatic nitrogens is 3. The van der Waals surface area contributed by atoms with Gasteiger partial charge in [0.1, 0.15) is 0 Å². The fraction of sp³-hybridized carbons (Fsp3) is 0.500. The van der Waals surface area contributed by atoms with E-state index in [1.807, 2.05) is 4.90 Å². The minimum absolute atomic E-state index is 0.00296. The van der Waals surface area contributed by atoms with Crippen LogP contribution in [-0.2, 0) is 4.79 Å². The molecule has 0 aliphatic carbocycles. The van der Waals surface area contributed by atoms with Crippen LogP contribution >= 0.6 is 0 Å². The highest BCUT2D eigenvalue weighted by molar-refractivity contribution is 5.87. The minimum atomic E-state index is 0.00296. The molecule has 0 bridgehead atoms. The van der Waals surface area contributed by atoms with E-state index in [0.717, 1.165) is 31.6 Å². The van der Waals surface area contributed by atoms with Gasteiger partial charge in [-0.05, 0) is 18.9 Å². The van der Waals surface area contributed by atoms with E-state index in [2.05, 4.69) is 22.0 Å².